The molecule has 0 aromatic heterocycles. The first-order chi connectivity index (χ1) is 9.92. The van der Waals surface area contributed by atoms with Crippen LogP contribution in [0.15, 0.2) is 34.8 Å². The Bertz CT molecular complexity index is 746. The van der Waals surface area contributed by atoms with E-state index in [1.807, 2.05) is 6.07 Å². The molecule has 0 spiro atoms. The number of nitrogens with zero attached hydrogens (tertiary/aromatic N) is 1. The van der Waals surface area contributed by atoms with Crippen LogP contribution in [0.25, 0.3) is 0 Å². The maximum absolute atomic E-state index is 13.7. The number of hydrogen-bond acceptors (Lipinski definition) is 2. The largest absolute Gasteiger partial charge is 0.322 e. The van der Waals surface area contributed by atoms with Crippen molar-refractivity contribution in [1.29, 1.82) is 5.26 Å². The number of nitriles is 1. The zero-order valence-corrected chi connectivity index (χ0v) is 12.5. The van der Waals surface area contributed by atoms with Gasteiger partial charge in [0.25, 0.3) is 5.91 Å². The van der Waals surface area contributed by atoms with E-state index in [2.05, 4.69) is 21.2 Å². The number of carbonyl (C=O) groups is 1. The number of anilines is 1. The standard InChI is InChI=1S/C15H9BrF2N2O/c1-8-2-3-9(7-19)4-13(8)20-15(21)14-11(17)5-10(16)6-12(14)18/h2-6H,1H3,(H,20,21). The highest BCUT2D eigenvalue weighted by molar-refractivity contribution is 9.10. The third kappa shape index (κ3) is 3.26. The number of amides is 1. The summed E-state index contributed by atoms with van der Waals surface area (Å²) in [7, 11) is 0. The minimum Gasteiger partial charge on any atom is -0.322 e. The molecule has 0 aliphatic rings. The minimum absolute atomic E-state index is 0.205. The molecule has 2 rings (SSSR count). The Morgan fingerprint density at radius 1 is 1.24 bits per heavy atom. The second-order valence-electron chi connectivity index (χ2n) is 4.34. The molecule has 0 saturated carbocycles. The van der Waals surface area contributed by atoms with Crippen LogP contribution in [0.3, 0.4) is 0 Å². The summed E-state index contributed by atoms with van der Waals surface area (Å²) in [6, 6.07) is 8.63. The second-order valence-corrected chi connectivity index (χ2v) is 5.26. The van der Waals surface area contributed by atoms with E-state index < -0.39 is 23.1 Å². The van der Waals surface area contributed by atoms with Crippen molar-refractivity contribution in [2.45, 2.75) is 6.92 Å². The molecule has 0 aliphatic heterocycles. The summed E-state index contributed by atoms with van der Waals surface area (Å²) in [6.45, 7) is 1.71. The molecule has 2 aromatic carbocycles. The van der Waals surface area contributed by atoms with E-state index >= 15 is 0 Å². The highest BCUT2D eigenvalue weighted by atomic mass is 79.9. The molecule has 0 heterocycles. The SMILES string of the molecule is Cc1ccc(C#N)cc1NC(=O)c1c(F)cc(Br)cc1F. The molecule has 0 bridgehead atoms. The topological polar surface area (TPSA) is 52.9 Å². The van der Waals surface area contributed by atoms with Gasteiger partial charge in [-0.1, -0.05) is 22.0 Å². The maximum atomic E-state index is 13.7. The lowest BCUT2D eigenvalue weighted by Gasteiger charge is -2.10. The molecule has 0 saturated heterocycles. The van der Waals surface area contributed by atoms with Crippen LogP contribution in [0.4, 0.5) is 14.5 Å². The Hall–Kier alpha value is -2.26. The van der Waals surface area contributed by atoms with Crippen molar-refractivity contribution in [2.75, 3.05) is 5.32 Å². The van der Waals surface area contributed by atoms with E-state index in [4.69, 9.17) is 5.26 Å². The van der Waals surface area contributed by atoms with Gasteiger partial charge in [-0.2, -0.15) is 5.26 Å². The van der Waals surface area contributed by atoms with Crippen LogP contribution in [0.1, 0.15) is 21.5 Å². The number of nitrogens with one attached hydrogen (secondary N) is 1. The summed E-state index contributed by atoms with van der Waals surface area (Å²) in [6.07, 6.45) is 0. The van der Waals surface area contributed by atoms with E-state index in [9.17, 15) is 13.6 Å². The average molecular weight is 351 g/mol. The Kier molecular flexibility index (Phi) is 4.34. The molecule has 0 fully saturated rings. The number of halogens is 3. The van der Waals surface area contributed by atoms with Crippen molar-refractivity contribution in [3.05, 3.63) is 63.1 Å². The fraction of sp³-hybridized carbons (Fsp3) is 0.0667. The van der Waals surface area contributed by atoms with E-state index in [0.717, 1.165) is 12.1 Å². The van der Waals surface area contributed by atoms with Crippen molar-refractivity contribution in [3.63, 3.8) is 0 Å². The molecule has 6 heteroatoms. The summed E-state index contributed by atoms with van der Waals surface area (Å²) in [5, 5.41) is 11.3. The summed E-state index contributed by atoms with van der Waals surface area (Å²) in [4.78, 5) is 12.0. The lowest BCUT2D eigenvalue weighted by molar-refractivity contribution is 0.101. The Balaban J connectivity index is 2.37. The molecule has 0 unspecified atom stereocenters. The number of benzene rings is 2. The van der Waals surface area contributed by atoms with Crippen LogP contribution >= 0.6 is 15.9 Å². The Labute approximate surface area is 128 Å². The molecule has 0 radical (unpaired) electrons. The van der Waals surface area contributed by atoms with E-state index in [-0.39, 0.29) is 4.47 Å². The smallest absolute Gasteiger partial charge is 0.261 e. The first kappa shape index (κ1) is 15.1. The van der Waals surface area contributed by atoms with Gasteiger partial charge in [0.05, 0.1) is 11.6 Å². The van der Waals surface area contributed by atoms with Gasteiger partial charge in [0.2, 0.25) is 0 Å². The predicted octanol–water partition coefficient (Wildman–Crippen LogP) is 4.16. The van der Waals surface area contributed by atoms with Gasteiger partial charge >= 0.3 is 0 Å². The molecular formula is C15H9BrF2N2O. The van der Waals surface area contributed by atoms with E-state index in [1.54, 1.807) is 19.1 Å². The van der Waals surface area contributed by atoms with E-state index in [0.29, 0.717) is 16.8 Å². The summed E-state index contributed by atoms with van der Waals surface area (Å²) < 4.78 is 27.7. The highest BCUT2D eigenvalue weighted by Gasteiger charge is 2.19. The summed E-state index contributed by atoms with van der Waals surface area (Å²) >= 11 is 2.95. The Morgan fingerprint density at radius 3 is 2.43 bits per heavy atom. The van der Waals surface area contributed by atoms with Crippen molar-refractivity contribution in [3.8, 4) is 6.07 Å². The van der Waals surface area contributed by atoms with Gasteiger partial charge in [-0.05, 0) is 36.8 Å². The van der Waals surface area contributed by atoms with Crippen LogP contribution in [-0.4, -0.2) is 5.91 Å². The number of aryl methyl sites for hydroxylation is 1. The van der Waals surface area contributed by atoms with Crippen molar-refractivity contribution in [1.82, 2.24) is 0 Å². The normalized spacial score (nSPS) is 10.0. The van der Waals surface area contributed by atoms with Gasteiger partial charge in [0.15, 0.2) is 0 Å². The fourth-order valence-electron chi connectivity index (χ4n) is 1.77. The molecular weight excluding hydrogens is 342 g/mol. The number of carbonyl (C=O) groups excluding carboxylic acids is 1. The molecule has 2 aromatic rings. The monoisotopic (exact) mass is 350 g/mol. The zero-order chi connectivity index (χ0) is 15.6. The van der Waals surface area contributed by atoms with Crippen LogP contribution in [0.2, 0.25) is 0 Å². The first-order valence-corrected chi connectivity index (χ1v) is 6.68. The van der Waals surface area contributed by atoms with Crippen LogP contribution in [0.5, 0.6) is 0 Å². The van der Waals surface area contributed by atoms with Gasteiger partial charge in [-0.15, -0.1) is 0 Å². The van der Waals surface area contributed by atoms with Gasteiger partial charge in [-0.25, -0.2) is 8.78 Å². The second kappa shape index (κ2) is 6.02. The van der Waals surface area contributed by atoms with E-state index in [1.165, 1.54) is 6.07 Å². The quantitative estimate of drug-likeness (QED) is 0.883. The van der Waals surface area contributed by atoms with Gasteiger partial charge in [0, 0.05) is 10.2 Å². The van der Waals surface area contributed by atoms with Crippen LogP contribution in [-0.2, 0) is 0 Å². The Morgan fingerprint density at radius 2 is 1.86 bits per heavy atom. The maximum Gasteiger partial charge on any atom is 0.261 e. The predicted molar refractivity (Wildman–Crippen MR) is 77.9 cm³/mol. The van der Waals surface area contributed by atoms with Crippen molar-refractivity contribution in [2.24, 2.45) is 0 Å². The third-order valence-electron chi connectivity index (χ3n) is 2.85. The van der Waals surface area contributed by atoms with Crippen molar-refractivity contribution < 1.29 is 13.6 Å². The summed E-state index contributed by atoms with van der Waals surface area (Å²) in [5.41, 5.74) is 0.689. The molecule has 1 amide bonds. The fourth-order valence-corrected chi connectivity index (χ4v) is 2.17. The molecule has 21 heavy (non-hydrogen) atoms. The number of hydrogen-bond donors (Lipinski definition) is 1. The zero-order valence-electron chi connectivity index (χ0n) is 10.9. The number of rotatable bonds is 2. The molecule has 106 valence electrons. The molecule has 0 aliphatic carbocycles. The molecule has 1 N–H and O–H groups in total. The molecule has 3 nitrogen and oxygen atoms in total. The summed E-state index contributed by atoms with van der Waals surface area (Å²) in [5.74, 6) is -2.84. The third-order valence-corrected chi connectivity index (χ3v) is 3.31. The van der Waals surface area contributed by atoms with Crippen LogP contribution < -0.4 is 5.32 Å². The first-order valence-electron chi connectivity index (χ1n) is 5.89. The highest BCUT2D eigenvalue weighted by Crippen LogP contribution is 2.22. The average Bonchev–Trinajstić information content (AvgIpc) is 2.40. The van der Waals surface area contributed by atoms with Gasteiger partial charge in [0.1, 0.15) is 17.2 Å². The minimum atomic E-state index is -0.964. The van der Waals surface area contributed by atoms with Crippen LogP contribution in [0, 0.1) is 29.9 Å². The van der Waals surface area contributed by atoms with Gasteiger partial charge < -0.3 is 5.32 Å². The lowest BCUT2D eigenvalue weighted by Crippen LogP contribution is -2.16. The molecule has 0 atom stereocenters. The van der Waals surface area contributed by atoms with Crippen molar-refractivity contribution >= 4 is 27.5 Å². The lowest BCUT2D eigenvalue weighted by atomic mass is 10.1. The van der Waals surface area contributed by atoms with Gasteiger partial charge in [-0.3, -0.25) is 4.79 Å².